The van der Waals surface area contributed by atoms with Crippen LogP contribution in [-0.2, 0) is 9.59 Å². The first-order valence-electron chi connectivity index (χ1n) is 7.20. The van der Waals surface area contributed by atoms with Gasteiger partial charge in [0, 0.05) is 13.8 Å². The maximum Gasteiger partial charge on any atom is 0.300 e. The second-order valence-electron chi connectivity index (χ2n) is 4.99. The molecule has 0 saturated heterocycles. The van der Waals surface area contributed by atoms with Crippen molar-refractivity contribution in [2.45, 2.75) is 13.8 Å². The second kappa shape index (κ2) is 7.67. The van der Waals surface area contributed by atoms with E-state index in [0.717, 1.165) is 24.1 Å². The Labute approximate surface area is 148 Å². The molecule has 130 valence electrons. The van der Waals surface area contributed by atoms with Crippen molar-refractivity contribution in [3.05, 3.63) is 50.6 Å². The molecule has 0 aliphatic rings. The van der Waals surface area contributed by atoms with Crippen LogP contribution in [0.15, 0.2) is 29.1 Å². The number of rotatable bonds is 4. The van der Waals surface area contributed by atoms with Crippen molar-refractivity contribution in [1.29, 1.82) is 0 Å². The lowest BCUT2D eigenvalue weighted by molar-refractivity contribution is -0.126. The molecule has 0 atom stereocenters. The maximum absolute atomic E-state index is 12.6. The van der Waals surface area contributed by atoms with Crippen LogP contribution in [-0.4, -0.2) is 33.8 Å². The number of benzene rings is 1. The molecule has 1 aromatic carbocycles. The van der Waals surface area contributed by atoms with Crippen LogP contribution in [0.3, 0.4) is 0 Å². The summed E-state index contributed by atoms with van der Waals surface area (Å²) >= 11 is 4.98. The van der Waals surface area contributed by atoms with Gasteiger partial charge in [0.05, 0.1) is 7.11 Å². The Balaban J connectivity index is 2.46. The fraction of sp³-hybridized carbons (Fsp3) is 0.188. The average molecular weight is 360 g/mol. The summed E-state index contributed by atoms with van der Waals surface area (Å²) in [5.74, 6) is -0.559. The molecule has 2 amide bonds. The number of imide groups is 1. The Hall–Kier alpha value is -3.07. The van der Waals surface area contributed by atoms with Gasteiger partial charge in [-0.25, -0.2) is 0 Å². The van der Waals surface area contributed by atoms with E-state index in [9.17, 15) is 14.4 Å². The molecule has 0 fully saturated rings. The summed E-state index contributed by atoms with van der Waals surface area (Å²) in [7, 11) is 1.57. The van der Waals surface area contributed by atoms with Crippen LogP contribution < -0.4 is 15.3 Å². The molecule has 2 aromatic rings. The molecule has 25 heavy (non-hydrogen) atoms. The summed E-state index contributed by atoms with van der Waals surface area (Å²) in [6.45, 7) is 2.33. The number of nitrogens with one attached hydrogen (secondary N) is 1. The summed E-state index contributed by atoms with van der Waals surface area (Å²) in [5, 5.41) is 6.99. The van der Waals surface area contributed by atoms with E-state index >= 15 is 0 Å². The minimum atomic E-state index is -0.682. The molecule has 0 radical (unpaired) electrons. The van der Waals surface area contributed by atoms with Crippen molar-refractivity contribution in [1.82, 2.24) is 14.9 Å². The molecule has 0 unspecified atom stereocenters. The second-order valence-corrected chi connectivity index (χ2v) is 5.37. The van der Waals surface area contributed by atoms with Crippen molar-refractivity contribution < 1.29 is 14.3 Å². The molecule has 0 saturated carbocycles. The number of carbonyl (C=O) groups is 2. The SMILES string of the molecule is COc1ccc(/C=C\c2n[nH]c(=S)n(N(C(C)=O)C(C)=O)c2=O)cc1. The summed E-state index contributed by atoms with van der Waals surface area (Å²) in [6, 6.07) is 7.15. The molecule has 1 heterocycles. The van der Waals surface area contributed by atoms with Gasteiger partial charge < -0.3 is 4.74 Å². The first kappa shape index (κ1) is 18.3. The molecular weight excluding hydrogens is 344 g/mol. The Morgan fingerprint density at radius 3 is 2.32 bits per heavy atom. The van der Waals surface area contributed by atoms with Crippen LogP contribution in [0.5, 0.6) is 5.75 Å². The zero-order chi connectivity index (χ0) is 18.6. The molecule has 0 aliphatic carbocycles. The Morgan fingerprint density at radius 2 is 1.80 bits per heavy atom. The van der Waals surface area contributed by atoms with E-state index in [4.69, 9.17) is 17.0 Å². The van der Waals surface area contributed by atoms with Gasteiger partial charge in [0.25, 0.3) is 5.56 Å². The number of methoxy groups -OCH3 is 1. The number of hydrogen-bond acceptors (Lipinski definition) is 6. The van der Waals surface area contributed by atoms with Crippen LogP contribution in [0.2, 0.25) is 0 Å². The van der Waals surface area contributed by atoms with Gasteiger partial charge in [-0.1, -0.05) is 18.2 Å². The average Bonchev–Trinajstić information content (AvgIpc) is 2.57. The van der Waals surface area contributed by atoms with Gasteiger partial charge >= 0.3 is 0 Å². The smallest absolute Gasteiger partial charge is 0.300 e. The predicted octanol–water partition coefficient (Wildman–Crippen LogP) is 1.51. The van der Waals surface area contributed by atoms with Crippen LogP contribution in [0, 0.1) is 4.77 Å². The molecule has 1 N–H and O–H groups in total. The molecular formula is C16H16N4O4S. The Kier molecular flexibility index (Phi) is 5.60. The lowest BCUT2D eigenvalue weighted by Crippen LogP contribution is -2.49. The Bertz CT molecular complexity index is 930. The lowest BCUT2D eigenvalue weighted by atomic mass is 10.2. The number of aromatic nitrogens is 3. The first-order chi connectivity index (χ1) is 11.8. The summed E-state index contributed by atoms with van der Waals surface area (Å²) in [5.41, 5.74) is 0.127. The normalized spacial score (nSPS) is 10.7. The van der Waals surface area contributed by atoms with E-state index in [-0.39, 0.29) is 10.5 Å². The number of carbonyl (C=O) groups excluding carboxylic acids is 2. The third kappa shape index (κ3) is 4.07. The van der Waals surface area contributed by atoms with Gasteiger partial charge in [-0.05, 0) is 36.0 Å². The molecule has 0 bridgehead atoms. The van der Waals surface area contributed by atoms with Crippen LogP contribution >= 0.6 is 12.2 Å². The molecule has 0 spiro atoms. The van der Waals surface area contributed by atoms with Crippen LogP contribution in [0.4, 0.5) is 0 Å². The first-order valence-corrected chi connectivity index (χ1v) is 7.61. The van der Waals surface area contributed by atoms with E-state index in [1.165, 1.54) is 6.08 Å². The highest BCUT2D eigenvalue weighted by Crippen LogP contribution is 2.12. The minimum Gasteiger partial charge on any atom is -0.497 e. The molecule has 1 aromatic heterocycles. The van der Waals surface area contributed by atoms with E-state index in [1.54, 1.807) is 37.5 Å². The monoisotopic (exact) mass is 360 g/mol. The zero-order valence-electron chi connectivity index (χ0n) is 13.8. The van der Waals surface area contributed by atoms with E-state index in [1.807, 2.05) is 0 Å². The van der Waals surface area contributed by atoms with Gasteiger partial charge in [0.15, 0.2) is 5.69 Å². The third-order valence-electron chi connectivity index (χ3n) is 3.22. The van der Waals surface area contributed by atoms with Crippen LogP contribution in [0.25, 0.3) is 12.2 Å². The summed E-state index contributed by atoms with van der Waals surface area (Å²) < 4.78 is 5.71. The maximum atomic E-state index is 12.6. The van der Waals surface area contributed by atoms with E-state index in [0.29, 0.717) is 10.8 Å². The van der Waals surface area contributed by atoms with Crippen molar-refractivity contribution >= 4 is 36.2 Å². The summed E-state index contributed by atoms with van der Waals surface area (Å²) in [6.07, 6.45) is 3.13. The number of amides is 2. The number of nitrogens with zero attached hydrogens (tertiary/aromatic N) is 3. The quantitative estimate of drug-likeness (QED) is 0.830. The predicted molar refractivity (Wildman–Crippen MR) is 95.2 cm³/mol. The molecule has 0 aliphatic heterocycles. The zero-order valence-corrected chi connectivity index (χ0v) is 14.7. The van der Waals surface area contributed by atoms with Crippen LogP contribution in [0.1, 0.15) is 25.1 Å². The van der Waals surface area contributed by atoms with E-state index in [2.05, 4.69) is 10.2 Å². The van der Waals surface area contributed by atoms with Crippen molar-refractivity contribution in [3.63, 3.8) is 0 Å². The number of H-pyrrole nitrogens is 1. The largest absolute Gasteiger partial charge is 0.497 e. The standard InChI is InChI=1S/C16H16N4O4S/c1-10(21)19(11(2)22)20-15(23)14(17-18-16(20)25)9-6-12-4-7-13(24-3)8-5-12/h4-9H,1-3H3,(H,18,25)/b9-6-. The lowest BCUT2D eigenvalue weighted by Gasteiger charge is -2.18. The van der Waals surface area contributed by atoms with Gasteiger partial charge in [-0.2, -0.15) is 14.8 Å². The number of aromatic amines is 1. The Morgan fingerprint density at radius 1 is 1.20 bits per heavy atom. The molecule has 8 nitrogen and oxygen atoms in total. The van der Waals surface area contributed by atoms with Gasteiger partial charge in [-0.15, -0.1) is 0 Å². The van der Waals surface area contributed by atoms with Gasteiger partial charge in [-0.3, -0.25) is 19.5 Å². The van der Waals surface area contributed by atoms with Gasteiger partial charge in [0.1, 0.15) is 5.75 Å². The highest BCUT2D eigenvalue weighted by Gasteiger charge is 2.20. The highest BCUT2D eigenvalue weighted by atomic mass is 32.1. The fourth-order valence-electron chi connectivity index (χ4n) is 2.09. The van der Waals surface area contributed by atoms with Crippen molar-refractivity contribution in [2.24, 2.45) is 0 Å². The van der Waals surface area contributed by atoms with Gasteiger partial charge in [0.2, 0.25) is 16.6 Å². The minimum absolute atomic E-state index is 0.00285. The molecule has 2 rings (SSSR count). The number of ether oxygens (including phenoxy) is 1. The van der Waals surface area contributed by atoms with Crippen molar-refractivity contribution in [3.8, 4) is 5.75 Å². The third-order valence-corrected chi connectivity index (χ3v) is 3.49. The summed E-state index contributed by atoms with van der Waals surface area (Å²) in [4.78, 5) is 35.9. The molecule has 9 heteroatoms. The van der Waals surface area contributed by atoms with Crippen molar-refractivity contribution in [2.75, 3.05) is 12.1 Å². The topological polar surface area (TPSA) is 97.3 Å². The van der Waals surface area contributed by atoms with E-state index < -0.39 is 17.4 Å². The number of hydrogen-bond donors (Lipinski definition) is 1. The highest BCUT2D eigenvalue weighted by molar-refractivity contribution is 7.71. The fourth-order valence-corrected chi connectivity index (χ4v) is 2.30.